The van der Waals surface area contributed by atoms with Crippen molar-refractivity contribution in [3.05, 3.63) is 34.7 Å². The Morgan fingerprint density at radius 1 is 1.24 bits per heavy atom. The van der Waals surface area contributed by atoms with Gasteiger partial charge in [0.25, 0.3) is 0 Å². The lowest BCUT2D eigenvalue weighted by atomic mass is 10.0. The summed E-state index contributed by atoms with van der Waals surface area (Å²) in [5, 5.41) is 2.73. The second-order valence-corrected chi connectivity index (χ2v) is 6.13. The van der Waals surface area contributed by atoms with Crippen LogP contribution in [-0.2, 0) is 5.54 Å². The van der Waals surface area contributed by atoms with E-state index < -0.39 is 6.61 Å². The topological polar surface area (TPSA) is 48.1 Å². The molecule has 3 rings (SSSR count). The summed E-state index contributed by atoms with van der Waals surface area (Å²) < 4.78 is 29.5. The van der Waals surface area contributed by atoms with Crippen molar-refractivity contribution >= 4 is 11.3 Å². The van der Waals surface area contributed by atoms with Crippen LogP contribution in [0.25, 0.3) is 11.3 Å². The minimum atomic E-state index is -2.85. The molecular formula is C15H16F2N2OS. The minimum Gasteiger partial charge on any atom is -0.434 e. The Morgan fingerprint density at radius 3 is 2.67 bits per heavy atom. The number of thiazole rings is 1. The second kappa shape index (κ2) is 5.69. The lowest BCUT2D eigenvalue weighted by Crippen LogP contribution is -2.32. The fourth-order valence-electron chi connectivity index (χ4n) is 2.72. The molecule has 0 radical (unpaired) electrons. The number of benzene rings is 1. The number of ether oxygens (including phenoxy) is 1. The minimum absolute atomic E-state index is 0.141. The van der Waals surface area contributed by atoms with Crippen molar-refractivity contribution in [3.63, 3.8) is 0 Å². The number of halogens is 2. The summed E-state index contributed by atoms with van der Waals surface area (Å²) in [6.07, 6.45) is 4.07. The van der Waals surface area contributed by atoms with E-state index in [1.165, 1.54) is 17.4 Å². The van der Waals surface area contributed by atoms with E-state index in [-0.39, 0.29) is 11.3 Å². The molecule has 0 aliphatic heterocycles. The normalized spacial score (nSPS) is 17.3. The average molecular weight is 310 g/mol. The average Bonchev–Trinajstić information content (AvgIpc) is 3.08. The molecule has 2 aromatic rings. The molecule has 1 saturated carbocycles. The fourth-order valence-corrected chi connectivity index (χ4v) is 3.72. The highest BCUT2D eigenvalue weighted by molar-refractivity contribution is 7.10. The van der Waals surface area contributed by atoms with E-state index >= 15 is 0 Å². The van der Waals surface area contributed by atoms with Crippen molar-refractivity contribution in [2.45, 2.75) is 37.8 Å². The molecule has 0 unspecified atom stereocenters. The van der Waals surface area contributed by atoms with Gasteiger partial charge in [-0.15, -0.1) is 11.3 Å². The predicted molar refractivity (Wildman–Crippen MR) is 78.5 cm³/mol. The van der Waals surface area contributed by atoms with Crippen molar-refractivity contribution in [1.29, 1.82) is 0 Å². The third-order valence-electron chi connectivity index (χ3n) is 3.80. The van der Waals surface area contributed by atoms with Gasteiger partial charge in [-0.2, -0.15) is 8.78 Å². The Kier molecular flexibility index (Phi) is 3.91. The van der Waals surface area contributed by atoms with E-state index in [9.17, 15) is 8.78 Å². The molecule has 1 heterocycles. The molecule has 21 heavy (non-hydrogen) atoms. The van der Waals surface area contributed by atoms with Gasteiger partial charge in [0.1, 0.15) is 10.8 Å². The van der Waals surface area contributed by atoms with Crippen molar-refractivity contribution in [2.24, 2.45) is 5.73 Å². The third kappa shape index (κ3) is 2.91. The number of hydrogen-bond donors (Lipinski definition) is 1. The zero-order valence-corrected chi connectivity index (χ0v) is 12.2. The number of nitrogens with zero attached hydrogens (tertiary/aromatic N) is 1. The van der Waals surface area contributed by atoms with E-state index in [1.54, 1.807) is 18.2 Å². The quantitative estimate of drug-likeness (QED) is 0.923. The molecule has 3 nitrogen and oxygen atoms in total. The number of rotatable bonds is 4. The molecule has 1 fully saturated rings. The lowest BCUT2D eigenvalue weighted by Gasteiger charge is -2.19. The first-order valence-corrected chi connectivity index (χ1v) is 7.75. The molecule has 1 aliphatic rings. The Morgan fingerprint density at radius 2 is 1.95 bits per heavy atom. The van der Waals surface area contributed by atoms with Crippen LogP contribution >= 0.6 is 11.3 Å². The van der Waals surface area contributed by atoms with E-state index in [4.69, 9.17) is 5.73 Å². The molecule has 1 aliphatic carbocycles. The fraction of sp³-hybridized carbons (Fsp3) is 0.400. The first-order valence-electron chi connectivity index (χ1n) is 6.88. The van der Waals surface area contributed by atoms with Gasteiger partial charge < -0.3 is 10.5 Å². The summed E-state index contributed by atoms with van der Waals surface area (Å²) in [6.45, 7) is -2.85. The van der Waals surface area contributed by atoms with Gasteiger partial charge in [-0.1, -0.05) is 25.0 Å². The van der Waals surface area contributed by atoms with Crippen LogP contribution in [0.5, 0.6) is 5.75 Å². The highest BCUT2D eigenvalue weighted by Gasteiger charge is 2.34. The highest BCUT2D eigenvalue weighted by Crippen LogP contribution is 2.40. The Labute approximate surface area is 125 Å². The van der Waals surface area contributed by atoms with Crippen LogP contribution in [0, 0.1) is 0 Å². The second-order valence-electron chi connectivity index (χ2n) is 5.28. The summed E-state index contributed by atoms with van der Waals surface area (Å²) in [4.78, 5) is 4.57. The van der Waals surface area contributed by atoms with Crippen LogP contribution < -0.4 is 10.5 Å². The van der Waals surface area contributed by atoms with Crippen LogP contribution in [0.1, 0.15) is 30.7 Å². The number of aromatic nitrogens is 1. The zero-order valence-electron chi connectivity index (χ0n) is 11.4. The van der Waals surface area contributed by atoms with E-state index in [0.717, 1.165) is 30.7 Å². The predicted octanol–water partition coefficient (Wildman–Crippen LogP) is 4.14. The number of nitrogens with two attached hydrogens (primary N) is 1. The maximum absolute atomic E-state index is 12.5. The van der Waals surface area contributed by atoms with Gasteiger partial charge in [0.05, 0.1) is 11.2 Å². The largest absolute Gasteiger partial charge is 0.434 e. The molecule has 112 valence electrons. The number of hydrogen-bond acceptors (Lipinski definition) is 4. The molecule has 0 bridgehead atoms. The molecule has 0 spiro atoms. The Bertz CT molecular complexity index is 624. The first-order chi connectivity index (χ1) is 10.1. The Balaban J connectivity index is 1.93. The molecule has 0 atom stereocenters. The zero-order chi connectivity index (χ0) is 14.9. The van der Waals surface area contributed by atoms with Gasteiger partial charge in [0.15, 0.2) is 0 Å². The van der Waals surface area contributed by atoms with Crippen LogP contribution in [-0.4, -0.2) is 11.6 Å². The van der Waals surface area contributed by atoms with Gasteiger partial charge in [0, 0.05) is 10.9 Å². The molecule has 1 aromatic carbocycles. The van der Waals surface area contributed by atoms with Gasteiger partial charge in [-0.05, 0) is 25.0 Å². The summed E-state index contributed by atoms with van der Waals surface area (Å²) in [5.74, 6) is 0.141. The summed E-state index contributed by atoms with van der Waals surface area (Å²) in [7, 11) is 0. The van der Waals surface area contributed by atoms with Gasteiger partial charge in [-0.3, -0.25) is 0 Å². The highest BCUT2D eigenvalue weighted by atomic mass is 32.1. The third-order valence-corrected chi connectivity index (χ3v) is 4.87. The van der Waals surface area contributed by atoms with Gasteiger partial charge in [-0.25, -0.2) is 4.98 Å². The van der Waals surface area contributed by atoms with E-state index in [0.29, 0.717) is 11.3 Å². The summed E-state index contributed by atoms with van der Waals surface area (Å²) >= 11 is 1.49. The molecule has 6 heteroatoms. The number of alkyl halides is 2. The lowest BCUT2D eigenvalue weighted by molar-refractivity contribution is -0.0494. The van der Waals surface area contributed by atoms with Crippen LogP contribution in [0.2, 0.25) is 0 Å². The number of para-hydroxylation sites is 1. The van der Waals surface area contributed by atoms with E-state index in [2.05, 4.69) is 9.72 Å². The van der Waals surface area contributed by atoms with Crippen LogP contribution in [0.15, 0.2) is 29.6 Å². The molecular weight excluding hydrogens is 294 g/mol. The van der Waals surface area contributed by atoms with Gasteiger partial charge in [0.2, 0.25) is 0 Å². The van der Waals surface area contributed by atoms with Crippen molar-refractivity contribution in [3.8, 4) is 17.0 Å². The van der Waals surface area contributed by atoms with E-state index in [1.807, 2.05) is 5.38 Å². The monoisotopic (exact) mass is 310 g/mol. The maximum atomic E-state index is 12.5. The summed E-state index contributed by atoms with van der Waals surface area (Å²) in [6, 6.07) is 6.69. The Hall–Kier alpha value is -1.53. The molecule has 0 saturated heterocycles. The molecule has 2 N–H and O–H groups in total. The first kappa shape index (κ1) is 14.4. The molecule has 1 aromatic heterocycles. The van der Waals surface area contributed by atoms with Crippen LogP contribution in [0.4, 0.5) is 8.78 Å². The van der Waals surface area contributed by atoms with Gasteiger partial charge >= 0.3 is 6.61 Å². The van der Waals surface area contributed by atoms with Crippen molar-refractivity contribution < 1.29 is 13.5 Å². The van der Waals surface area contributed by atoms with Crippen LogP contribution in [0.3, 0.4) is 0 Å². The van der Waals surface area contributed by atoms with Crippen molar-refractivity contribution in [2.75, 3.05) is 0 Å². The van der Waals surface area contributed by atoms with Crippen molar-refractivity contribution in [1.82, 2.24) is 4.98 Å². The standard InChI is InChI=1S/C15H16F2N2OS/c16-14(17)20-12-6-2-1-5-10(12)11-9-21-13(19-11)15(18)7-3-4-8-15/h1-2,5-6,9,14H,3-4,7-8,18H2. The smallest absolute Gasteiger partial charge is 0.387 e. The summed E-state index contributed by atoms with van der Waals surface area (Å²) in [5.41, 5.74) is 7.24. The SMILES string of the molecule is NC1(c2nc(-c3ccccc3OC(F)F)cs2)CCCC1. The molecule has 0 amide bonds. The maximum Gasteiger partial charge on any atom is 0.387 e.